The number of piperidine rings is 1. The monoisotopic (exact) mass is 394 g/mol. The van der Waals surface area contributed by atoms with E-state index < -0.39 is 0 Å². The van der Waals surface area contributed by atoms with Crippen LogP contribution in [0.25, 0.3) is 0 Å². The van der Waals surface area contributed by atoms with Gasteiger partial charge in [0.15, 0.2) is 0 Å². The van der Waals surface area contributed by atoms with E-state index in [0.29, 0.717) is 6.04 Å². The average molecular weight is 395 g/mol. The zero-order valence-electron chi connectivity index (χ0n) is 17.3. The van der Waals surface area contributed by atoms with Crippen molar-refractivity contribution >= 4 is 11.7 Å². The molecule has 0 bridgehead atoms. The number of rotatable bonds is 8. The Morgan fingerprint density at radius 3 is 2.86 bits per heavy atom. The van der Waals surface area contributed by atoms with E-state index in [-0.39, 0.29) is 6.03 Å². The molecular formula is C24H34N4O. The topological polar surface area (TPSA) is 66.3 Å². The van der Waals surface area contributed by atoms with Gasteiger partial charge in [-0.05, 0) is 81.8 Å². The van der Waals surface area contributed by atoms with Crippen molar-refractivity contribution in [2.45, 2.75) is 44.6 Å². The van der Waals surface area contributed by atoms with E-state index in [2.05, 4.69) is 45.1 Å². The highest BCUT2D eigenvalue weighted by Crippen LogP contribution is 2.27. The van der Waals surface area contributed by atoms with E-state index in [4.69, 9.17) is 0 Å². The van der Waals surface area contributed by atoms with E-state index in [9.17, 15) is 4.79 Å². The van der Waals surface area contributed by atoms with Crippen molar-refractivity contribution in [3.05, 3.63) is 53.6 Å². The molecule has 1 aromatic carbocycles. The number of hydrogen-bond acceptors (Lipinski definition) is 3. The van der Waals surface area contributed by atoms with E-state index in [1.165, 1.54) is 50.8 Å². The molecule has 0 radical (unpaired) electrons. The number of carbonyl (C=O) groups is 1. The first-order chi connectivity index (χ1) is 14.3. The molecule has 2 aliphatic heterocycles. The van der Waals surface area contributed by atoms with Crippen LogP contribution in [0.2, 0.25) is 0 Å². The van der Waals surface area contributed by atoms with Crippen LogP contribution in [0.1, 0.15) is 50.1 Å². The first-order valence-electron chi connectivity index (χ1n) is 11.2. The van der Waals surface area contributed by atoms with Crippen LogP contribution in [-0.4, -0.2) is 43.7 Å². The van der Waals surface area contributed by atoms with Crippen LogP contribution in [0.15, 0.2) is 48.1 Å². The van der Waals surface area contributed by atoms with Gasteiger partial charge in [-0.15, -0.1) is 0 Å². The summed E-state index contributed by atoms with van der Waals surface area (Å²) in [6.07, 6.45) is 14.2. The number of urea groups is 1. The number of hydrogen-bond donors (Lipinski definition) is 3. The molecule has 3 aliphatic rings. The highest BCUT2D eigenvalue weighted by atomic mass is 16.2. The summed E-state index contributed by atoms with van der Waals surface area (Å²) in [4.78, 5) is 14.7. The largest absolute Gasteiger partial charge is 0.338 e. The smallest absolute Gasteiger partial charge is 0.319 e. The Bertz CT molecular complexity index is 745. The summed E-state index contributed by atoms with van der Waals surface area (Å²) in [5.74, 6) is 0.856. The second kappa shape index (κ2) is 10.1. The predicted octanol–water partition coefficient (Wildman–Crippen LogP) is 4.22. The quantitative estimate of drug-likeness (QED) is 0.457. The van der Waals surface area contributed by atoms with Crippen LogP contribution in [-0.2, 0) is 0 Å². The maximum absolute atomic E-state index is 12.1. The first-order valence-corrected chi connectivity index (χ1v) is 11.2. The van der Waals surface area contributed by atoms with Gasteiger partial charge in [-0.3, -0.25) is 0 Å². The minimum atomic E-state index is -0.112. The van der Waals surface area contributed by atoms with Gasteiger partial charge in [0, 0.05) is 24.8 Å². The molecule has 3 N–H and O–H groups in total. The van der Waals surface area contributed by atoms with Gasteiger partial charge < -0.3 is 20.9 Å². The lowest BCUT2D eigenvalue weighted by Gasteiger charge is -2.32. The molecule has 2 saturated heterocycles. The molecule has 0 aromatic heterocycles. The second-order valence-electron chi connectivity index (χ2n) is 8.60. The fourth-order valence-corrected chi connectivity index (χ4v) is 4.42. The summed E-state index contributed by atoms with van der Waals surface area (Å²) in [5, 5.41) is 9.23. The highest BCUT2D eigenvalue weighted by molar-refractivity contribution is 5.89. The van der Waals surface area contributed by atoms with Crippen molar-refractivity contribution in [2.75, 3.05) is 38.0 Å². The number of carbonyl (C=O) groups excluding carboxylic acids is 1. The summed E-state index contributed by atoms with van der Waals surface area (Å²) in [7, 11) is 0. The van der Waals surface area contributed by atoms with Crippen LogP contribution in [0.4, 0.5) is 10.5 Å². The number of anilines is 1. The Labute approximate surface area is 174 Å². The van der Waals surface area contributed by atoms with Crippen molar-refractivity contribution < 1.29 is 4.79 Å². The SMILES string of the molecule is O=C(NCCCN1CCC(CC2=CC=CCC2)CC1)Nc1cccc(C2CN2)c1. The molecule has 1 atom stereocenters. The molecular weight excluding hydrogens is 360 g/mol. The van der Waals surface area contributed by atoms with Gasteiger partial charge >= 0.3 is 6.03 Å². The van der Waals surface area contributed by atoms with E-state index in [0.717, 1.165) is 37.7 Å². The summed E-state index contributed by atoms with van der Waals surface area (Å²) in [6.45, 7) is 5.21. The summed E-state index contributed by atoms with van der Waals surface area (Å²) in [6, 6.07) is 8.43. The summed E-state index contributed by atoms with van der Waals surface area (Å²) >= 11 is 0. The van der Waals surface area contributed by atoms with Crippen LogP contribution in [0.5, 0.6) is 0 Å². The molecule has 0 spiro atoms. The lowest BCUT2D eigenvalue weighted by atomic mass is 9.87. The van der Waals surface area contributed by atoms with Gasteiger partial charge in [-0.1, -0.05) is 35.9 Å². The predicted molar refractivity (Wildman–Crippen MR) is 119 cm³/mol. The highest BCUT2D eigenvalue weighted by Gasteiger charge is 2.22. The minimum Gasteiger partial charge on any atom is -0.338 e. The molecule has 1 unspecified atom stereocenters. The van der Waals surface area contributed by atoms with Crippen LogP contribution < -0.4 is 16.0 Å². The third kappa shape index (κ3) is 6.44. The van der Waals surface area contributed by atoms with Crippen LogP contribution >= 0.6 is 0 Å². The standard InChI is InChI=1S/C24H34N4O/c29-24(27-22-9-4-8-21(17-22)23-18-26-23)25-12-5-13-28-14-10-20(11-15-28)16-19-6-2-1-3-7-19/h1-2,4,6,8-9,17,20,23,26H,3,5,7,10-16,18H2,(H2,25,27,29). The van der Waals surface area contributed by atoms with Crippen molar-refractivity contribution in [2.24, 2.45) is 5.92 Å². The Balaban J connectivity index is 1.08. The fraction of sp³-hybridized carbons (Fsp3) is 0.542. The van der Waals surface area contributed by atoms with E-state index in [1.54, 1.807) is 5.57 Å². The summed E-state index contributed by atoms with van der Waals surface area (Å²) in [5.41, 5.74) is 3.74. The molecule has 0 saturated carbocycles. The minimum absolute atomic E-state index is 0.112. The Morgan fingerprint density at radius 2 is 2.10 bits per heavy atom. The van der Waals surface area contributed by atoms with Gasteiger partial charge in [-0.2, -0.15) is 0 Å². The average Bonchev–Trinajstić information content (AvgIpc) is 3.59. The molecule has 2 amide bonds. The first kappa shape index (κ1) is 20.2. The molecule has 29 heavy (non-hydrogen) atoms. The summed E-state index contributed by atoms with van der Waals surface area (Å²) < 4.78 is 0. The number of likely N-dealkylation sites (tertiary alicyclic amines) is 1. The van der Waals surface area contributed by atoms with Crippen LogP contribution in [0, 0.1) is 5.92 Å². The maximum Gasteiger partial charge on any atom is 0.319 e. The molecule has 156 valence electrons. The molecule has 2 fully saturated rings. The molecule has 1 aromatic rings. The van der Waals surface area contributed by atoms with Crippen molar-refractivity contribution in [3.8, 4) is 0 Å². The third-order valence-corrected chi connectivity index (χ3v) is 6.25. The number of amides is 2. The maximum atomic E-state index is 12.1. The van der Waals surface area contributed by atoms with E-state index in [1.807, 2.05) is 18.2 Å². The Morgan fingerprint density at radius 1 is 1.24 bits per heavy atom. The van der Waals surface area contributed by atoms with Crippen molar-refractivity contribution in [1.29, 1.82) is 0 Å². The Hall–Kier alpha value is -2.11. The number of allylic oxidation sites excluding steroid dienone is 4. The van der Waals surface area contributed by atoms with Crippen molar-refractivity contribution in [1.82, 2.24) is 15.5 Å². The van der Waals surface area contributed by atoms with Gasteiger partial charge in [0.25, 0.3) is 0 Å². The van der Waals surface area contributed by atoms with Gasteiger partial charge in [-0.25, -0.2) is 4.79 Å². The zero-order valence-corrected chi connectivity index (χ0v) is 17.3. The zero-order chi connectivity index (χ0) is 19.9. The molecule has 5 heteroatoms. The molecule has 2 heterocycles. The van der Waals surface area contributed by atoms with Crippen LogP contribution in [0.3, 0.4) is 0 Å². The molecule has 1 aliphatic carbocycles. The van der Waals surface area contributed by atoms with Crippen molar-refractivity contribution in [3.63, 3.8) is 0 Å². The fourth-order valence-electron chi connectivity index (χ4n) is 4.42. The normalized spacial score (nSPS) is 22.2. The number of nitrogens with zero attached hydrogens (tertiary/aromatic N) is 1. The van der Waals surface area contributed by atoms with Gasteiger partial charge in [0.05, 0.1) is 0 Å². The lowest BCUT2D eigenvalue weighted by molar-refractivity contribution is 0.181. The van der Waals surface area contributed by atoms with Gasteiger partial charge in [0.1, 0.15) is 0 Å². The number of benzene rings is 1. The molecule has 4 rings (SSSR count). The second-order valence-corrected chi connectivity index (χ2v) is 8.60. The van der Waals surface area contributed by atoms with Gasteiger partial charge in [0.2, 0.25) is 0 Å². The lowest BCUT2D eigenvalue weighted by Crippen LogP contribution is -2.36. The molecule has 5 nitrogen and oxygen atoms in total. The third-order valence-electron chi connectivity index (χ3n) is 6.25. The Kier molecular flexibility index (Phi) is 7.01. The number of nitrogens with one attached hydrogen (secondary N) is 3. The van der Waals surface area contributed by atoms with E-state index >= 15 is 0 Å².